The fourth-order valence-electron chi connectivity index (χ4n) is 4.61. The van der Waals surface area contributed by atoms with Gasteiger partial charge in [0.15, 0.2) is 0 Å². The van der Waals surface area contributed by atoms with E-state index in [1.54, 1.807) is 0 Å². The van der Waals surface area contributed by atoms with Gasteiger partial charge in [-0.15, -0.1) is 0 Å². The maximum absolute atomic E-state index is 13.3. The molecule has 0 radical (unpaired) electrons. The number of unbranched alkanes of at least 4 members (excludes halogenated alkanes) is 1. The third-order valence-electron chi connectivity index (χ3n) is 6.89. The lowest BCUT2D eigenvalue weighted by molar-refractivity contribution is -0.138. The molecule has 0 spiro atoms. The highest BCUT2D eigenvalue weighted by Crippen LogP contribution is 2.25. The van der Waals surface area contributed by atoms with E-state index < -0.39 is 35.7 Å². The standard InChI is InChI=1S/C31H43N5O6/c1-3-4-18-42-36-28(38)19-25(34-27(37)16-15-22-10-6-5-7-11-22)31(40)35-26(21-41-2)30(39)33-20-24-13-8-12-23-14-9-17-32-29(23)24/h5-8,10-13,25-26,32H,3-4,9,14-21H2,1-2H3,(H,33,39)(H,34,37)(H,35,40)(H,36,38)/t25-,26-/m0/s1. The molecule has 42 heavy (non-hydrogen) atoms. The first-order valence-electron chi connectivity index (χ1n) is 14.6. The number of methoxy groups -OCH3 is 1. The Hall–Kier alpha value is -3.96. The molecule has 0 bridgehead atoms. The van der Waals surface area contributed by atoms with E-state index in [1.807, 2.05) is 49.4 Å². The highest BCUT2D eigenvalue weighted by atomic mass is 16.6. The maximum atomic E-state index is 13.3. The smallest absolute Gasteiger partial charge is 0.246 e. The zero-order chi connectivity index (χ0) is 30.2. The van der Waals surface area contributed by atoms with E-state index in [0.29, 0.717) is 13.0 Å². The van der Waals surface area contributed by atoms with Gasteiger partial charge in [-0.2, -0.15) is 0 Å². The fraction of sp³-hybridized carbons (Fsp3) is 0.484. The Morgan fingerprint density at radius 3 is 2.52 bits per heavy atom. The quantitative estimate of drug-likeness (QED) is 0.142. The van der Waals surface area contributed by atoms with E-state index in [9.17, 15) is 19.2 Å². The van der Waals surface area contributed by atoms with Crippen LogP contribution in [0.25, 0.3) is 0 Å². The number of carbonyl (C=O) groups is 4. The van der Waals surface area contributed by atoms with Crippen LogP contribution in [-0.2, 0) is 48.1 Å². The van der Waals surface area contributed by atoms with E-state index in [1.165, 1.54) is 12.7 Å². The van der Waals surface area contributed by atoms with Crippen molar-refractivity contribution in [2.24, 2.45) is 0 Å². The molecule has 0 saturated carbocycles. The largest absolute Gasteiger partial charge is 0.385 e. The third kappa shape index (κ3) is 10.8. The molecule has 3 rings (SSSR count). The molecule has 11 nitrogen and oxygen atoms in total. The molecule has 1 aliphatic rings. The highest BCUT2D eigenvalue weighted by Gasteiger charge is 2.29. The van der Waals surface area contributed by atoms with Crippen LogP contribution in [0.15, 0.2) is 48.5 Å². The van der Waals surface area contributed by atoms with E-state index in [-0.39, 0.29) is 26.0 Å². The van der Waals surface area contributed by atoms with E-state index in [4.69, 9.17) is 9.57 Å². The predicted molar refractivity (Wildman–Crippen MR) is 159 cm³/mol. The van der Waals surface area contributed by atoms with Gasteiger partial charge in [-0.1, -0.05) is 61.9 Å². The molecule has 0 fully saturated rings. The zero-order valence-corrected chi connectivity index (χ0v) is 24.5. The molecule has 0 unspecified atom stereocenters. The minimum absolute atomic E-state index is 0.0935. The normalized spacial score (nSPS) is 13.6. The van der Waals surface area contributed by atoms with Crippen LogP contribution in [0.5, 0.6) is 0 Å². The van der Waals surface area contributed by atoms with Gasteiger partial charge in [0.1, 0.15) is 12.1 Å². The lowest BCUT2D eigenvalue weighted by Crippen LogP contribution is -2.56. The van der Waals surface area contributed by atoms with Crippen molar-refractivity contribution in [3.63, 3.8) is 0 Å². The Morgan fingerprint density at radius 1 is 0.952 bits per heavy atom. The first-order valence-corrected chi connectivity index (χ1v) is 14.6. The molecule has 0 aromatic heterocycles. The van der Waals surface area contributed by atoms with Gasteiger partial charge in [0, 0.05) is 32.3 Å². The van der Waals surface area contributed by atoms with Gasteiger partial charge in [0.25, 0.3) is 0 Å². The van der Waals surface area contributed by atoms with Crippen LogP contribution in [0.2, 0.25) is 0 Å². The predicted octanol–water partition coefficient (Wildman–Crippen LogP) is 2.15. The average Bonchev–Trinajstić information content (AvgIpc) is 3.00. The summed E-state index contributed by atoms with van der Waals surface area (Å²) in [6.45, 7) is 3.37. The number of hydrogen-bond acceptors (Lipinski definition) is 7. The lowest BCUT2D eigenvalue weighted by Gasteiger charge is -2.24. The summed E-state index contributed by atoms with van der Waals surface area (Å²) in [4.78, 5) is 56.9. The van der Waals surface area contributed by atoms with Gasteiger partial charge in [-0.3, -0.25) is 24.0 Å². The summed E-state index contributed by atoms with van der Waals surface area (Å²) < 4.78 is 5.20. The molecule has 228 valence electrons. The number of carbonyl (C=O) groups excluding carboxylic acids is 4. The van der Waals surface area contributed by atoms with Crippen LogP contribution >= 0.6 is 0 Å². The molecule has 2 aromatic carbocycles. The van der Waals surface area contributed by atoms with Gasteiger partial charge in [-0.05, 0) is 42.4 Å². The molecule has 11 heteroatoms. The summed E-state index contributed by atoms with van der Waals surface area (Å²) >= 11 is 0. The first-order chi connectivity index (χ1) is 20.4. The van der Waals surface area contributed by atoms with Gasteiger partial charge in [0.2, 0.25) is 23.6 Å². The third-order valence-corrected chi connectivity index (χ3v) is 6.89. The number of benzene rings is 2. The number of amides is 4. The van der Waals surface area contributed by atoms with Gasteiger partial charge in [-0.25, -0.2) is 5.48 Å². The minimum atomic E-state index is -1.22. The van der Waals surface area contributed by atoms with Crippen LogP contribution < -0.4 is 26.7 Å². The zero-order valence-electron chi connectivity index (χ0n) is 24.5. The van der Waals surface area contributed by atoms with Crippen molar-refractivity contribution < 1.29 is 28.8 Å². The Balaban J connectivity index is 1.62. The number of hydrogen-bond donors (Lipinski definition) is 5. The number of rotatable bonds is 17. The molecule has 4 amide bonds. The first kappa shape index (κ1) is 32.6. The van der Waals surface area contributed by atoms with E-state index in [0.717, 1.165) is 49.0 Å². The van der Waals surface area contributed by atoms with Crippen LogP contribution in [-0.4, -0.2) is 62.6 Å². The Bertz CT molecular complexity index is 1180. The number of aryl methyl sites for hydroxylation is 2. The van der Waals surface area contributed by atoms with Crippen LogP contribution in [0.4, 0.5) is 5.69 Å². The summed E-state index contributed by atoms with van der Waals surface area (Å²) in [7, 11) is 1.42. The van der Waals surface area contributed by atoms with Crippen molar-refractivity contribution in [3.05, 3.63) is 65.2 Å². The molecular formula is C31H43N5O6. The fourth-order valence-corrected chi connectivity index (χ4v) is 4.61. The number of ether oxygens (including phenoxy) is 1. The monoisotopic (exact) mass is 581 g/mol. The molecule has 0 aliphatic carbocycles. The Kier molecular flexibility index (Phi) is 13.8. The molecular weight excluding hydrogens is 538 g/mol. The summed E-state index contributed by atoms with van der Waals surface area (Å²) in [5.41, 5.74) is 6.48. The number of para-hydroxylation sites is 1. The van der Waals surface area contributed by atoms with Crippen molar-refractivity contribution in [1.29, 1.82) is 0 Å². The second kappa shape index (κ2) is 17.8. The van der Waals surface area contributed by atoms with Crippen LogP contribution in [0, 0.1) is 0 Å². The summed E-state index contributed by atoms with van der Waals surface area (Å²) in [5, 5.41) is 11.6. The molecule has 1 heterocycles. The van der Waals surface area contributed by atoms with Crippen LogP contribution in [0.1, 0.15) is 55.7 Å². The van der Waals surface area contributed by atoms with Crippen molar-refractivity contribution in [2.45, 2.75) is 70.5 Å². The Labute approximate surface area is 247 Å². The Morgan fingerprint density at radius 2 is 1.76 bits per heavy atom. The number of fused-ring (bicyclic) bond motifs is 1. The number of hydroxylamine groups is 1. The van der Waals surface area contributed by atoms with Gasteiger partial charge in [0.05, 0.1) is 19.6 Å². The average molecular weight is 582 g/mol. The van der Waals surface area contributed by atoms with Crippen molar-refractivity contribution in [3.8, 4) is 0 Å². The van der Waals surface area contributed by atoms with E-state index in [2.05, 4.69) is 32.8 Å². The summed E-state index contributed by atoms with van der Waals surface area (Å²) in [6.07, 6.45) is 3.92. The van der Waals surface area contributed by atoms with Crippen molar-refractivity contribution >= 4 is 29.3 Å². The molecule has 0 saturated heterocycles. The van der Waals surface area contributed by atoms with Crippen molar-refractivity contribution in [2.75, 3.05) is 32.2 Å². The molecule has 2 aromatic rings. The minimum Gasteiger partial charge on any atom is -0.385 e. The highest BCUT2D eigenvalue weighted by molar-refractivity contribution is 5.94. The summed E-state index contributed by atoms with van der Waals surface area (Å²) in [5.74, 6) is -2.08. The SMILES string of the molecule is CCCCONC(=O)C[C@H](NC(=O)CCc1ccccc1)C(=O)N[C@@H](COC)C(=O)NCc1cccc2c1NCCC2. The molecule has 5 N–H and O–H groups in total. The van der Waals surface area contributed by atoms with Crippen molar-refractivity contribution in [1.82, 2.24) is 21.4 Å². The van der Waals surface area contributed by atoms with E-state index >= 15 is 0 Å². The topological polar surface area (TPSA) is 147 Å². The lowest BCUT2D eigenvalue weighted by atomic mass is 9.99. The summed E-state index contributed by atoms with van der Waals surface area (Å²) in [6, 6.07) is 13.2. The molecule has 2 atom stereocenters. The maximum Gasteiger partial charge on any atom is 0.246 e. The number of nitrogens with one attached hydrogen (secondary N) is 5. The van der Waals surface area contributed by atoms with Gasteiger partial charge >= 0.3 is 0 Å². The van der Waals surface area contributed by atoms with Crippen LogP contribution in [0.3, 0.4) is 0 Å². The second-order valence-electron chi connectivity index (χ2n) is 10.3. The number of anilines is 1. The second-order valence-corrected chi connectivity index (χ2v) is 10.3. The molecule has 1 aliphatic heterocycles. The van der Waals surface area contributed by atoms with Gasteiger partial charge < -0.3 is 26.0 Å².